The maximum atomic E-state index is 14.0. The van der Waals surface area contributed by atoms with Gasteiger partial charge in [-0.3, -0.25) is 9.10 Å². The van der Waals surface area contributed by atoms with E-state index in [-0.39, 0.29) is 22.7 Å². The molecule has 0 aliphatic carbocycles. The standard InChI is InChI=1S/C35H29Cl2N3O4S/c1-25-9-19-32(20-10-25)45(42,43)40(23-27-11-15-29(36)16-12-27)34-8-3-2-7-33(34)35(41)39-38-22-26-13-17-31(18-14-26)44-24-28-5-4-6-30(37)21-28/h2-22H,23-24H2,1H3,(H,39,41)/b38-22-. The zero-order valence-corrected chi connectivity index (χ0v) is 26.6. The van der Waals surface area contributed by atoms with Crippen molar-refractivity contribution in [3.63, 3.8) is 0 Å². The summed E-state index contributed by atoms with van der Waals surface area (Å²) in [7, 11) is -4.06. The summed E-state index contributed by atoms with van der Waals surface area (Å²) in [5, 5.41) is 5.29. The third-order valence-electron chi connectivity index (χ3n) is 6.82. The van der Waals surface area contributed by atoms with Crippen molar-refractivity contribution in [1.29, 1.82) is 0 Å². The predicted octanol–water partition coefficient (Wildman–Crippen LogP) is 8.04. The molecule has 0 aliphatic heterocycles. The Morgan fingerprint density at radius 1 is 0.822 bits per heavy atom. The van der Waals surface area contributed by atoms with Crippen LogP contribution in [-0.4, -0.2) is 20.5 Å². The Kier molecular flexibility index (Phi) is 10.2. The molecule has 45 heavy (non-hydrogen) atoms. The van der Waals surface area contributed by atoms with Crippen LogP contribution >= 0.6 is 23.2 Å². The van der Waals surface area contributed by atoms with Gasteiger partial charge in [-0.2, -0.15) is 5.10 Å². The number of para-hydroxylation sites is 1. The van der Waals surface area contributed by atoms with E-state index in [0.29, 0.717) is 28.0 Å². The number of carbonyl (C=O) groups excluding carboxylic acids is 1. The smallest absolute Gasteiger partial charge is 0.273 e. The van der Waals surface area contributed by atoms with E-state index in [4.69, 9.17) is 27.9 Å². The van der Waals surface area contributed by atoms with Crippen molar-refractivity contribution in [3.05, 3.63) is 159 Å². The zero-order chi connectivity index (χ0) is 31.8. The third-order valence-corrected chi connectivity index (χ3v) is 9.08. The lowest BCUT2D eigenvalue weighted by Gasteiger charge is -2.26. The quantitative estimate of drug-likeness (QED) is 0.115. The van der Waals surface area contributed by atoms with Crippen LogP contribution in [0.25, 0.3) is 0 Å². The van der Waals surface area contributed by atoms with Gasteiger partial charge < -0.3 is 4.74 Å². The first-order valence-electron chi connectivity index (χ1n) is 13.9. The number of hydrogen-bond donors (Lipinski definition) is 1. The Balaban J connectivity index is 1.34. The number of amides is 1. The van der Waals surface area contributed by atoms with Gasteiger partial charge in [-0.15, -0.1) is 0 Å². The van der Waals surface area contributed by atoms with Crippen LogP contribution in [0.1, 0.15) is 32.6 Å². The van der Waals surface area contributed by atoms with Crippen LogP contribution in [0.4, 0.5) is 5.69 Å². The molecule has 0 aliphatic rings. The largest absolute Gasteiger partial charge is 0.489 e. The van der Waals surface area contributed by atoms with Crippen molar-refractivity contribution in [2.75, 3.05) is 4.31 Å². The second kappa shape index (κ2) is 14.4. The van der Waals surface area contributed by atoms with Crippen molar-refractivity contribution in [2.45, 2.75) is 25.0 Å². The first-order chi connectivity index (χ1) is 21.7. The van der Waals surface area contributed by atoms with E-state index in [1.165, 1.54) is 10.5 Å². The Labute approximate surface area is 272 Å². The number of carbonyl (C=O) groups is 1. The monoisotopic (exact) mass is 657 g/mol. The second-order valence-electron chi connectivity index (χ2n) is 10.2. The van der Waals surface area contributed by atoms with Gasteiger partial charge in [-0.1, -0.05) is 77.3 Å². The van der Waals surface area contributed by atoms with E-state index in [2.05, 4.69) is 10.5 Å². The lowest BCUT2D eigenvalue weighted by Crippen LogP contribution is -2.33. The lowest BCUT2D eigenvalue weighted by molar-refractivity contribution is 0.0955. The number of ether oxygens (including phenoxy) is 1. The molecule has 0 unspecified atom stereocenters. The van der Waals surface area contributed by atoms with E-state index >= 15 is 0 Å². The highest BCUT2D eigenvalue weighted by molar-refractivity contribution is 7.92. The van der Waals surface area contributed by atoms with Gasteiger partial charge in [0.1, 0.15) is 12.4 Å². The number of nitrogens with one attached hydrogen (secondary N) is 1. The number of aryl methyl sites for hydroxylation is 1. The molecule has 5 aromatic rings. The predicted molar refractivity (Wildman–Crippen MR) is 180 cm³/mol. The van der Waals surface area contributed by atoms with Gasteiger partial charge in [-0.05, 0) is 96.4 Å². The zero-order valence-electron chi connectivity index (χ0n) is 24.2. The number of sulfonamides is 1. The maximum absolute atomic E-state index is 14.0. The van der Waals surface area contributed by atoms with Gasteiger partial charge in [0, 0.05) is 10.0 Å². The SMILES string of the molecule is Cc1ccc(S(=O)(=O)N(Cc2ccc(Cl)cc2)c2ccccc2C(=O)N/N=C\c2ccc(OCc3cccc(Cl)c3)cc2)cc1. The fourth-order valence-electron chi connectivity index (χ4n) is 4.45. The van der Waals surface area contributed by atoms with E-state index in [0.717, 1.165) is 16.7 Å². The second-order valence-corrected chi connectivity index (χ2v) is 12.9. The van der Waals surface area contributed by atoms with Crippen LogP contribution in [-0.2, 0) is 23.2 Å². The number of benzene rings is 5. The molecule has 0 saturated carbocycles. The minimum absolute atomic E-state index is 0.0212. The first kappa shape index (κ1) is 31.8. The molecule has 0 radical (unpaired) electrons. The minimum Gasteiger partial charge on any atom is -0.489 e. The first-order valence-corrected chi connectivity index (χ1v) is 16.1. The van der Waals surface area contributed by atoms with Gasteiger partial charge >= 0.3 is 0 Å². The normalized spacial score (nSPS) is 11.4. The summed E-state index contributed by atoms with van der Waals surface area (Å²) in [4.78, 5) is 13.5. The summed E-state index contributed by atoms with van der Waals surface area (Å²) in [5.74, 6) is 0.101. The lowest BCUT2D eigenvalue weighted by atomic mass is 10.1. The molecule has 0 aromatic heterocycles. The molecule has 228 valence electrons. The third kappa shape index (κ3) is 8.30. The fourth-order valence-corrected chi connectivity index (χ4v) is 6.26. The summed E-state index contributed by atoms with van der Waals surface area (Å²) in [6.45, 7) is 2.23. The Morgan fingerprint density at radius 3 is 2.24 bits per heavy atom. The Bertz CT molecular complexity index is 1910. The molecule has 5 rings (SSSR count). The van der Waals surface area contributed by atoms with Gasteiger partial charge in [0.15, 0.2) is 0 Å². The summed E-state index contributed by atoms with van der Waals surface area (Å²) in [5.41, 5.74) is 6.18. The summed E-state index contributed by atoms with van der Waals surface area (Å²) >= 11 is 12.1. The summed E-state index contributed by atoms with van der Waals surface area (Å²) < 4.78 is 35.0. The number of anilines is 1. The Morgan fingerprint density at radius 2 is 1.53 bits per heavy atom. The molecular weight excluding hydrogens is 629 g/mol. The van der Waals surface area contributed by atoms with Gasteiger partial charge in [0.2, 0.25) is 0 Å². The molecule has 10 heteroatoms. The molecular formula is C35H29Cl2N3O4S. The molecule has 1 amide bonds. The van der Waals surface area contributed by atoms with Crippen LogP contribution in [0.3, 0.4) is 0 Å². The van der Waals surface area contributed by atoms with Crippen molar-refractivity contribution in [3.8, 4) is 5.75 Å². The fraction of sp³-hybridized carbons (Fsp3) is 0.0857. The summed E-state index contributed by atoms with van der Waals surface area (Å²) in [6, 6.07) is 34.6. The highest BCUT2D eigenvalue weighted by Gasteiger charge is 2.28. The average molecular weight is 659 g/mol. The van der Waals surface area contributed by atoms with Crippen molar-refractivity contribution >= 4 is 51.0 Å². The van der Waals surface area contributed by atoms with Gasteiger partial charge in [-0.25, -0.2) is 13.8 Å². The number of halogens is 2. The maximum Gasteiger partial charge on any atom is 0.273 e. The van der Waals surface area contributed by atoms with Crippen LogP contribution < -0.4 is 14.5 Å². The molecule has 0 saturated heterocycles. The molecule has 7 nitrogen and oxygen atoms in total. The highest BCUT2D eigenvalue weighted by atomic mass is 35.5. The minimum atomic E-state index is -4.06. The van der Waals surface area contributed by atoms with E-state index in [9.17, 15) is 13.2 Å². The topological polar surface area (TPSA) is 88.1 Å². The number of nitrogens with zero attached hydrogens (tertiary/aromatic N) is 2. The van der Waals surface area contributed by atoms with Crippen LogP contribution in [0, 0.1) is 6.92 Å². The van der Waals surface area contributed by atoms with Crippen LogP contribution in [0.2, 0.25) is 10.0 Å². The summed E-state index contributed by atoms with van der Waals surface area (Å²) in [6.07, 6.45) is 1.50. The number of rotatable bonds is 11. The van der Waals surface area contributed by atoms with Crippen molar-refractivity contribution in [1.82, 2.24) is 5.43 Å². The number of hydrogen-bond acceptors (Lipinski definition) is 5. The van der Waals surface area contributed by atoms with Crippen molar-refractivity contribution < 1.29 is 17.9 Å². The van der Waals surface area contributed by atoms with E-state index in [1.807, 2.05) is 25.1 Å². The van der Waals surface area contributed by atoms with Crippen LogP contribution in [0.5, 0.6) is 5.75 Å². The van der Waals surface area contributed by atoms with Gasteiger partial charge in [0.25, 0.3) is 15.9 Å². The molecule has 0 heterocycles. The Hall–Kier alpha value is -4.63. The molecule has 0 fully saturated rings. The van der Waals surface area contributed by atoms with E-state index in [1.54, 1.807) is 103 Å². The highest BCUT2D eigenvalue weighted by Crippen LogP contribution is 2.30. The average Bonchev–Trinajstić information content (AvgIpc) is 3.04. The number of hydrazone groups is 1. The molecule has 5 aromatic carbocycles. The molecule has 1 N–H and O–H groups in total. The molecule has 0 spiro atoms. The van der Waals surface area contributed by atoms with Crippen molar-refractivity contribution in [2.24, 2.45) is 5.10 Å². The van der Waals surface area contributed by atoms with E-state index < -0.39 is 15.9 Å². The molecule has 0 atom stereocenters. The van der Waals surface area contributed by atoms with Crippen LogP contribution in [0.15, 0.2) is 131 Å². The van der Waals surface area contributed by atoms with Gasteiger partial charge in [0.05, 0.1) is 28.9 Å². The molecule has 0 bridgehead atoms.